The molecular formula is C15H20N6O4. The maximum absolute atomic E-state index is 12.3. The van der Waals surface area contributed by atoms with Crippen LogP contribution in [0.25, 0.3) is 0 Å². The first-order chi connectivity index (χ1) is 12.1. The van der Waals surface area contributed by atoms with Gasteiger partial charge in [0.15, 0.2) is 5.96 Å². The molecule has 0 aromatic carbocycles. The van der Waals surface area contributed by atoms with E-state index in [0.29, 0.717) is 32.8 Å². The SMILES string of the molecule is NC(=Nc1ncccc1[N+](=O)[O-])N1CCN(C(=O)[C@H]2CCCO2)CC1. The summed E-state index contributed by atoms with van der Waals surface area (Å²) < 4.78 is 5.43. The number of rotatable bonds is 3. The minimum atomic E-state index is -0.544. The Morgan fingerprint density at radius 1 is 1.36 bits per heavy atom. The van der Waals surface area contributed by atoms with Crippen molar-refractivity contribution in [2.24, 2.45) is 10.7 Å². The number of nitro groups is 1. The lowest BCUT2D eigenvalue weighted by Gasteiger charge is -2.36. The maximum Gasteiger partial charge on any atom is 0.313 e. The predicted octanol–water partition coefficient (Wildman–Crippen LogP) is 0.259. The monoisotopic (exact) mass is 348 g/mol. The van der Waals surface area contributed by atoms with Crippen molar-refractivity contribution in [1.82, 2.24) is 14.8 Å². The summed E-state index contributed by atoms with van der Waals surface area (Å²) in [6.07, 6.45) is 2.79. The van der Waals surface area contributed by atoms with E-state index < -0.39 is 4.92 Å². The van der Waals surface area contributed by atoms with Gasteiger partial charge in [-0.2, -0.15) is 4.99 Å². The molecule has 0 unspecified atom stereocenters. The van der Waals surface area contributed by atoms with E-state index in [2.05, 4.69) is 9.98 Å². The predicted molar refractivity (Wildman–Crippen MR) is 89.3 cm³/mol. The smallest absolute Gasteiger partial charge is 0.313 e. The van der Waals surface area contributed by atoms with Crippen LogP contribution in [-0.4, -0.2) is 70.5 Å². The Morgan fingerprint density at radius 3 is 2.72 bits per heavy atom. The van der Waals surface area contributed by atoms with Gasteiger partial charge in [-0.25, -0.2) is 4.98 Å². The number of pyridine rings is 1. The third kappa shape index (κ3) is 3.85. The molecule has 2 aliphatic heterocycles. The molecule has 2 saturated heterocycles. The van der Waals surface area contributed by atoms with Crippen LogP contribution in [0.4, 0.5) is 11.5 Å². The second kappa shape index (κ2) is 7.43. The van der Waals surface area contributed by atoms with Crippen molar-refractivity contribution in [3.8, 4) is 0 Å². The molecule has 2 N–H and O–H groups in total. The lowest BCUT2D eigenvalue weighted by atomic mass is 10.2. The van der Waals surface area contributed by atoms with Gasteiger partial charge in [0.2, 0.25) is 5.82 Å². The van der Waals surface area contributed by atoms with E-state index in [1.54, 1.807) is 9.80 Å². The summed E-state index contributed by atoms with van der Waals surface area (Å²) in [4.78, 5) is 34.3. The normalized spacial score (nSPS) is 21.4. The number of ether oxygens (including phenoxy) is 1. The molecule has 25 heavy (non-hydrogen) atoms. The summed E-state index contributed by atoms with van der Waals surface area (Å²) in [6.45, 7) is 2.68. The molecule has 1 aromatic rings. The average molecular weight is 348 g/mol. The Bertz CT molecular complexity index is 680. The zero-order valence-electron chi connectivity index (χ0n) is 13.7. The highest BCUT2D eigenvalue weighted by molar-refractivity contribution is 5.83. The number of nitrogens with zero attached hydrogens (tertiary/aromatic N) is 5. The number of hydrogen-bond acceptors (Lipinski definition) is 6. The van der Waals surface area contributed by atoms with E-state index in [9.17, 15) is 14.9 Å². The molecule has 1 atom stereocenters. The van der Waals surface area contributed by atoms with Gasteiger partial charge in [0.1, 0.15) is 6.10 Å². The third-order valence-electron chi connectivity index (χ3n) is 4.30. The Labute approximate surface area is 144 Å². The fourth-order valence-electron chi connectivity index (χ4n) is 2.93. The number of aliphatic imine (C=N–C) groups is 1. The van der Waals surface area contributed by atoms with Gasteiger partial charge >= 0.3 is 5.69 Å². The number of aromatic nitrogens is 1. The van der Waals surface area contributed by atoms with Crippen LogP contribution in [0.15, 0.2) is 23.3 Å². The topological polar surface area (TPSA) is 127 Å². The maximum atomic E-state index is 12.3. The van der Waals surface area contributed by atoms with Gasteiger partial charge in [-0.1, -0.05) is 0 Å². The fraction of sp³-hybridized carbons (Fsp3) is 0.533. The summed E-state index contributed by atoms with van der Waals surface area (Å²) in [5.41, 5.74) is 5.78. The van der Waals surface area contributed by atoms with Gasteiger partial charge in [0, 0.05) is 45.0 Å². The average Bonchev–Trinajstić information content (AvgIpc) is 3.16. The highest BCUT2D eigenvalue weighted by Crippen LogP contribution is 2.23. The number of nitrogens with two attached hydrogens (primary N) is 1. The van der Waals surface area contributed by atoms with E-state index >= 15 is 0 Å². The molecule has 0 bridgehead atoms. The van der Waals surface area contributed by atoms with Crippen molar-refractivity contribution in [2.75, 3.05) is 32.8 Å². The number of carbonyl (C=O) groups excluding carboxylic acids is 1. The van der Waals surface area contributed by atoms with Crippen LogP contribution >= 0.6 is 0 Å². The van der Waals surface area contributed by atoms with Crippen molar-refractivity contribution in [3.05, 3.63) is 28.4 Å². The highest BCUT2D eigenvalue weighted by Gasteiger charge is 2.30. The lowest BCUT2D eigenvalue weighted by Crippen LogP contribution is -2.54. The van der Waals surface area contributed by atoms with Crippen LogP contribution < -0.4 is 5.73 Å². The molecular weight excluding hydrogens is 328 g/mol. The third-order valence-corrected chi connectivity index (χ3v) is 4.30. The Hall–Kier alpha value is -2.75. The largest absolute Gasteiger partial charge is 0.369 e. The number of carbonyl (C=O) groups is 1. The minimum absolute atomic E-state index is 0.0213. The molecule has 2 aliphatic rings. The van der Waals surface area contributed by atoms with E-state index in [1.807, 2.05) is 0 Å². The zero-order chi connectivity index (χ0) is 17.8. The second-order valence-electron chi connectivity index (χ2n) is 5.89. The fourth-order valence-corrected chi connectivity index (χ4v) is 2.93. The first-order valence-corrected chi connectivity index (χ1v) is 8.15. The van der Waals surface area contributed by atoms with Crippen molar-refractivity contribution < 1.29 is 14.5 Å². The Kier molecular flexibility index (Phi) is 5.08. The number of hydrogen-bond donors (Lipinski definition) is 1. The van der Waals surface area contributed by atoms with Gasteiger partial charge in [-0.15, -0.1) is 0 Å². The first-order valence-electron chi connectivity index (χ1n) is 8.15. The van der Waals surface area contributed by atoms with E-state index in [1.165, 1.54) is 18.3 Å². The molecule has 0 saturated carbocycles. The molecule has 3 heterocycles. The zero-order valence-corrected chi connectivity index (χ0v) is 13.7. The van der Waals surface area contributed by atoms with Crippen LogP contribution in [-0.2, 0) is 9.53 Å². The van der Waals surface area contributed by atoms with Crippen LogP contribution in [0.5, 0.6) is 0 Å². The minimum Gasteiger partial charge on any atom is -0.369 e. The molecule has 0 aliphatic carbocycles. The summed E-state index contributed by atoms with van der Waals surface area (Å²) in [7, 11) is 0. The Morgan fingerprint density at radius 2 is 2.08 bits per heavy atom. The second-order valence-corrected chi connectivity index (χ2v) is 5.89. The van der Waals surface area contributed by atoms with Gasteiger partial charge < -0.3 is 20.3 Å². The number of amides is 1. The lowest BCUT2D eigenvalue weighted by molar-refractivity contribution is -0.384. The van der Waals surface area contributed by atoms with Gasteiger partial charge in [0.05, 0.1) is 4.92 Å². The first kappa shape index (κ1) is 17.1. The summed E-state index contributed by atoms with van der Waals surface area (Å²) in [6, 6.07) is 2.81. The van der Waals surface area contributed by atoms with Gasteiger partial charge in [-0.05, 0) is 18.9 Å². The van der Waals surface area contributed by atoms with E-state index in [4.69, 9.17) is 10.5 Å². The summed E-state index contributed by atoms with van der Waals surface area (Å²) in [5, 5.41) is 11.0. The molecule has 1 aromatic heterocycles. The van der Waals surface area contributed by atoms with Crippen LogP contribution in [0, 0.1) is 10.1 Å². The van der Waals surface area contributed by atoms with Crippen molar-refractivity contribution in [1.29, 1.82) is 0 Å². The van der Waals surface area contributed by atoms with Crippen LogP contribution in [0.2, 0.25) is 0 Å². The van der Waals surface area contributed by atoms with E-state index in [-0.39, 0.29) is 29.5 Å². The van der Waals surface area contributed by atoms with E-state index in [0.717, 1.165) is 12.8 Å². The van der Waals surface area contributed by atoms with Crippen LogP contribution in [0.1, 0.15) is 12.8 Å². The Balaban J connectivity index is 1.62. The van der Waals surface area contributed by atoms with Crippen LogP contribution in [0.3, 0.4) is 0 Å². The number of piperazine rings is 1. The van der Waals surface area contributed by atoms with Gasteiger partial charge in [-0.3, -0.25) is 14.9 Å². The number of guanidine groups is 1. The molecule has 10 heteroatoms. The quantitative estimate of drug-likeness (QED) is 0.359. The highest BCUT2D eigenvalue weighted by atomic mass is 16.6. The molecule has 1 amide bonds. The summed E-state index contributed by atoms with van der Waals surface area (Å²) >= 11 is 0. The molecule has 10 nitrogen and oxygen atoms in total. The van der Waals surface area contributed by atoms with Gasteiger partial charge in [0.25, 0.3) is 5.91 Å². The standard InChI is InChI=1S/C15H20N6O4/c16-15(18-13-11(21(23)24)3-1-5-17-13)20-8-6-19(7-9-20)14(22)12-4-2-10-25-12/h1,3,5,12H,2,4,6-10H2,(H2,16,17,18)/t12-/m1/s1. The van der Waals surface area contributed by atoms with Crippen molar-refractivity contribution in [3.63, 3.8) is 0 Å². The molecule has 0 spiro atoms. The van der Waals surface area contributed by atoms with Crippen molar-refractivity contribution in [2.45, 2.75) is 18.9 Å². The molecule has 134 valence electrons. The molecule has 0 radical (unpaired) electrons. The molecule has 2 fully saturated rings. The summed E-state index contributed by atoms with van der Waals surface area (Å²) in [5.74, 6) is 0.155. The molecule has 3 rings (SSSR count). The van der Waals surface area contributed by atoms with Crippen molar-refractivity contribution >= 4 is 23.4 Å².